The molecule has 2 aliphatic rings. The molecule has 0 bridgehead atoms. The number of aromatic amines is 1. The van der Waals surface area contributed by atoms with E-state index < -0.39 is 0 Å². The second-order valence-corrected chi connectivity index (χ2v) is 7.02. The van der Waals surface area contributed by atoms with Crippen molar-refractivity contribution in [2.45, 2.75) is 38.1 Å². The maximum absolute atomic E-state index is 12.4. The molecule has 1 aliphatic heterocycles. The molecule has 3 unspecified atom stereocenters. The smallest absolute Gasteiger partial charge is 0.222 e. The molecule has 5 nitrogen and oxygen atoms in total. The van der Waals surface area contributed by atoms with Gasteiger partial charge >= 0.3 is 0 Å². The van der Waals surface area contributed by atoms with E-state index in [1.54, 1.807) is 0 Å². The van der Waals surface area contributed by atoms with Gasteiger partial charge in [-0.15, -0.1) is 0 Å². The summed E-state index contributed by atoms with van der Waals surface area (Å²) in [5.41, 5.74) is 8.21. The molecule has 1 aromatic carbocycles. The van der Waals surface area contributed by atoms with E-state index in [-0.39, 0.29) is 5.91 Å². The summed E-state index contributed by atoms with van der Waals surface area (Å²) in [6.45, 7) is 1.79. The first-order chi connectivity index (χ1) is 11.2. The van der Waals surface area contributed by atoms with Crippen LogP contribution in [0.5, 0.6) is 0 Å². The van der Waals surface area contributed by atoms with Gasteiger partial charge in [0.1, 0.15) is 5.82 Å². The van der Waals surface area contributed by atoms with Crippen molar-refractivity contribution in [1.29, 1.82) is 0 Å². The van der Waals surface area contributed by atoms with Gasteiger partial charge in [0.15, 0.2) is 0 Å². The second-order valence-electron chi connectivity index (χ2n) is 7.02. The Labute approximate surface area is 136 Å². The summed E-state index contributed by atoms with van der Waals surface area (Å²) >= 11 is 0. The maximum Gasteiger partial charge on any atom is 0.222 e. The fourth-order valence-electron chi connectivity index (χ4n) is 4.20. The standard InChI is InChI=1S/C18H24N4O/c19-14-9-8-12-10-22(11-13(12)14)18(23)7-3-6-17-20-15-4-1-2-5-16(15)21-17/h1-2,4-5,12-14H,3,6-11,19H2,(H,20,21). The zero-order chi connectivity index (χ0) is 15.8. The molecule has 1 amide bonds. The summed E-state index contributed by atoms with van der Waals surface area (Å²) in [5.74, 6) is 2.43. The molecule has 1 saturated carbocycles. The van der Waals surface area contributed by atoms with Crippen LogP contribution in [0.2, 0.25) is 0 Å². The number of likely N-dealkylation sites (tertiary alicyclic amines) is 1. The zero-order valence-corrected chi connectivity index (χ0v) is 13.4. The summed E-state index contributed by atoms with van der Waals surface area (Å²) in [5, 5.41) is 0. The molecule has 5 heteroatoms. The number of fused-ring (bicyclic) bond motifs is 2. The van der Waals surface area contributed by atoms with Gasteiger partial charge in [0.25, 0.3) is 0 Å². The number of hydrogen-bond acceptors (Lipinski definition) is 3. The topological polar surface area (TPSA) is 75.0 Å². The van der Waals surface area contributed by atoms with Gasteiger partial charge in [0, 0.05) is 32.0 Å². The number of imidazole rings is 1. The van der Waals surface area contributed by atoms with E-state index in [2.05, 4.69) is 9.97 Å². The number of aryl methyl sites for hydroxylation is 1. The van der Waals surface area contributed by atoms with Gasteiger partial charge in [0.05, 0.1) is 11.0 Å². The first-order valence-corrected chi connectivity index (χ1v) is 8.67. The molecule has 0 spiro atoms. The molecule has 23 heavy (non-hydrogen) atoms. The molecule has 0 radical (unpaired) electrons. The van der Waals surface area contributed by atoms with Crippen molar-refractivity contribution in [1.82, 2.24) is 14.9 Å². The molecule has 3 atom stereocenters. The van der Waals surface area contributed by atoms with Gasteiger partial charge in [-0.3, -0.25) is 4.79 Å². The van der Waals surface area contributed by atoms with Crippen molar-refractivity contribution in [3.8, 4) is 0 Å². The third kappa shape index (κ3) is 2.85. The minimum atomic E-state index is 0.280. The third-order valence-electron chi connectivity index (χ3n) is 5.51. The van der Waals surface area contributed by atoms with Crippen molar-refractivity contribution in [2.24, 2.45) is 17.6 Å². The lowest BCUT2D eigenvalue weighted by molar-refractivity contribution is -0.130. The highest BCUT2D eigenvalue weighted by Crippen LogP contribution is 2.37. The number of benzene rings is 1. The van der Waals surface area contributed by atoms with Crippen LogP contribution in [-0.2, 0) is 11.2 Å². The largest absolute Gasteiger partial charge is 0.342 e. The van der Waals surface area contributed by atoms with Crippen LogP contribution in [0.4, 0.5) is 0 Å². The van der Waals surface area contributed by atoms with E-state index >= 15 is 0 Å². The first-order valence-electron chi connectivity index (χ1n) is 8.67. The normalized spacial score (nSPS) is 26.8. The Morgan fingerprint density at radius 1 is 1.30 bits per heavy atom. The number of hydrogen-bond donors (Lipinski definition) is 2. The molecule has 1 aliphatic carbocycles. The van der Waals surface area contributed by atoms with Gasteiger partial charge < -0.3 is 15.6 Å². The summed E-state index contributed by atoms with van der Waals surface area (Å²) in [4.78, 5) is 22.3. The minimum Gasteiger partial charge on any atom is -0.342 e. The lowest BCUT2D eigenvalue weighted by Gasteiger charge is -2.18. The fraction of sp³-hybridized carbons (Fsp3) is 0.556. The van der Waals surface area contributed by atoms with Gasteiger partial charge in [-0.25, -0.2) is 4.98 Å². The third-order valence-corrected chi connectivity index (χ3v) is 5.51. The van der Waals surface area contributed by atoms with Crippen molar-refractivity contribution in [3.05, 3.63) is 30.1 Å². The van der Waals surface area contributed by atoms with Crippen molar-refractivity contribution in [2.75, 3.05) is 13.1 Å². The molecule has 122 valence electrons. The second kappa shape index (κ2) is 5.96. The van der Waals surface area contributed by atoms with Gasteiger partial charge in [-0.1, -0.05) is 12.1 Å². The van der Waals surface area contributed by atoms with Crippen LogP contribution in [-0.4, -0.2) is 39.9 Å². The lowest BCUT2D eigenvalue weighted by atomic mass is 9.98. The quantitative estimate of drug-likeness (QED) is 0.907. The summed E-state index contributed by atoms with van der Waals surface area (Å²) in [6.07, 6.45) is 4.58. The number of para-hydroxylation sites is 2. The number of aromatic nitrogens is 2. The Kier molecular flexibility index (Phi) is 3.81. The van der Waals surface area contributed by atoms with Gasteiger partial charge in [0.2, 0.25) is 5.91 Å². The van der Waals surface area contributed by atoms with E-state index in [1.807, 2.05) is 29.2 Å². The molecule has 4 rings (SSSR count). The van der Waals surface area contributed by atoms with Crippen LogP contribution in [0, 0.1) is 11.8 Å². The Balaban J connectivity index is 1.29. The van der Waals surface area contributed by atoms with E-state index in [0.29, 0.717) is 24.3 Å². The number of amides is 1. The average Bonchev–Trinajstić information content (AvgIpc) is 3.22. The number of rotatable bonds is 4. The number of nitrogens with zero attached hydrogens (tertiary/aromatic N) is 2. The molecule has 2 fully saturated rings. The Morgan fingerprint density at radius 3 is 3.00 bits per heavy atom. The van der Waals surface area contributed by atoms with E-state index in [0.717, 1.165) is 49.2 Å². The lowest BCUT2D eigenvalue weighted by Crippen LogP contribution is -2.33. The number of nitrogens with one attached hydrogen (secondary N) is 1. The molecule has 1 aromatic heterocycles. The Morgan fingerprint density at radius 2 is 2.17 bits per heavy atom. The van der Waals surface area contributed by atoms with Gasteiger partial charge in [-0.05, 0) is 43.2 Å². The highest BCUT2D eigenvalue weighted by atomic mass is 16.2. The number of carbonyl (C=O) groups is 1. The van der Waals surface area contributed by atoms with Crippen LogP contribution in [0.15, 0.2) is 24.3 Å². The number of nitrogens with two attached hydrogens (primary N) is 1. The molecule has 2 heterocycles. The summed E-state index contributed by atoms with van der Waals surface area (Å²) in [6, 6.07) is 8.33. The molecule has 1 saturated heterocycles. The highest BCUT2D eigenvalue weighted by Gasteiger charge is 2.42. The summed E-state index contributed by atoms with van der Waals surface area (Å²) < 4.78 is 0. The first kappa shape index (κ1) is 14.7. The van der Waals surface area contributed by atoms with Crippen LogP contribution < -0.4 is 5.73 Å². The molecule has 2 aromatic rings. The SMILES string of the molecule is NC1CCC2CN(C(=O)CCCc3nc4ccccc4[nH]3)CC12. The van der Waals surface area contributed by atoms with Crippen LogP contribution in [0.25, 0.3) is 11.0 Å². The van der Waals surface area contributed by atoms with Gasteiger partial charge in [-0.2, -0.15) is 0 Å². The molecular formula is C18H24N4O. The maximum atomic E-state index is 12.4. The predicted octanol–water partition coefficient (Wildman–Crippen LogP) is 2.08. The van der Waals surface area contributed by atoms with Crippen molar-refractivity contribution in [3.63, 3.8) is 0 Å². The highest BCUT2D eigenvalue weighted by molar-refractivity contribution is 5.77. The van der Waals surface area contributed by atoms with Crippen molar-refractivity contribution >= 4 is 16.9 Å². The van der Waals surface area contributed by atoms with E-state index in [1.165, 1.54) is 6.42 Å². The molecular weight excluding hydrogens is 288 g/mol. The minimum absolute atomic E-state index is 0.280. The van der Waals surface area contributed by atoms with Crippen LogP contribution in [0.1, 0.15) is 31.5 Å². The molecule has 3 N–H and O–H groups in total. The fourth-order valence-corrected chi connectivity index (χ4v) is 4.20. The Hall–Kier alpha value is -1.88. The number of carbonyl (C=O) groups excluding carboxylic acids is 1. The van der Waals surface area contributed by atoms with Crippen LogP contribution in [0.3, 0.4) is 0 Å². The van der Waals surface area contributed by atoms with E-state index in [9.17, 15) is 4.79 Å². The van der Waals surface area contributed by atoms with E-state index in [4.69, 9.17) is 5.73 Å². The number of H-pyrrole nitrogens is 1. The van der Waals surface area contributed by atoms with Crippen molar-refractivity contribution < 1.29 is 4.79 Å². The summed E-state index contributed by atoms with van der Waals surface area (Å²) in [7, 11) is 0. The monoisotopic (exact) mass is 312 g/mol. The zero-order valence-electron chi connectivity index (χ0n) is 13.4. The Bertz CT molecular complexity index is 677. The average molecular weight is 312 g/mol. The van der Waals surface area contributed by atoms with Crippen LogP contribution >= 0.6 is 0 Å². The predicted molar refractivity (Wildman–Crippen MR) is 89.8 cm³/mol.